The molecule has 6 heteroatoms. The normalized spacial score (nSPS) is 14.0. The number of benzene rings is 1. The van der Waals surface area contributed by atoms with Gasteiger partial charge in [0.1, 0.15) is 0 Å². The summed E-state index contributed by atoms with van der Waals surface area (Å²) in [7, 11) is 3.40. The Bertz CT molecular complexity index is 516. The van der Waals surface area contributed by atoms with Crippen molar-refractivity contribution in [1.29, 1.82) is 0 Å². The maximum absolute atomic E-state index is 12.4. The minimum absolute atomic E-state index is 0.0216. The predicted molar refractivity (Wildman–Crippen MR) is 78.3 cm³/mol. The first kappa shape index (κ1) is 16.5. The number of alkyl halides is 2. The lowest BCUT2D eigenvalue weighted by atomic mass is 10.1. The Morgan fingerprint density at radius 2 is 2.05 bits per heavy atom. The van der Waals surface area contributed by atoms with Crippen LogP contribution in [0.3, 0.4) is 0 Å². The number of nitrogens with zero attached hydrogens (tertiary/aromatic N) is 1. The van der Waals surface area contributed by atoms with Gasteiger partial charge in [0.25, 0.3) is 0 Å². The molecule has 22 heavy (non-hydrogen) atoms. The van der Waals surface area contributed by atoms with E-state index in [1.54, 1.807) is 26.2 Å². The van der Waals surface area contributed by atoms with E-state index in [1.165, 1.54) is 11.0 Å². The van der Waals surface area contributed by atoms with Crippen molar-refractivity contribution in [2.45, 2.75) is 32.3 Å². The van der Waals surface area contributed by atoms with Crippen molar-refractivity contribution in [3.05, 3.63) is 23.8 Å². The molecule has 1 aromatic carbocycles. The largest absolute Gasteiger partial charge is 0.489 e. The Morgan fingerprint density at radius 1 is 1.32 bits per heavy atom. The number of carbonyl (C=O) groups excluding carboxylic acids is 1. The Labute approximate surface area is 129 Å². The number of carbonyl (C=O) groups is 1. The lowest BCUT2D eigenvalue weighted by Crippen LogP contribution is -2.21. The lowest BCUT2D eigenvalue weighted by Gasteiger charge is -2.14. The fourth-order valence-corrected chi connectivity index (χ4v) is 1.98. The molecule has 0 radical (unpaired) electrons. The van der Waals surface area contributed by atoms with Gasteiger partial charge in [-0.15, -0.1) is 0 Å². The highest BCUT2D eigenvalue weighted by molar-refractivity contribution is 5.75. The quantitative estimate of drug-likeness (QED) is 0.740. The molecule has 4 nitrogen and oxygen atoms in total. The second-order valence-corrected chi connectivity index (χ2v) is 5.70. The molecule has 1 aliphatic rings. The zero-order chi connectivity index (χ0) is 16.1. The third kappa shape index (κ3) is 5.16. The predicted octanol–water partition coefficient (Wildman–Crippen LogP) is 3.10. The molecule has 0 unspecified atom stereocenters. The highest BCUT2D eigenvalue weighted by Gasteiger charge is 2.23. The van der Waals surface area contributed by atoms with Crippen LogP contribution in [0, 0.1) is 5.92 Å². The van der Waals surface area contributed by atoms with Gasteiger partial charge in [0.2, 0.25) is 5.91 Å². The summed E-state index contributed by atoms with van der Waals surface area (Å²) in [5.74, 6) is 0.895. The Hall–Kier alpha value is -1.85. The van der Waals surface area contributed by atoms with Gasteiger partial charge < -0.3 is 14.4 Å². The molecule has 0 bridgehead atoms. The Kier molecular flexibility index (Phi) is 5.57. The summed E-state index contributed by atoms with van der Waals surface area (Å²) in [5.41, 5.74) is 0.864. The number of hydrogen-bond acceptors (Lipinski definition) is 3. The summed E-state index contributed by atoms with van der Waals surface area (Å²) in [6.45, 7) is -2.37. The van der Waals surface area contributed by atoms with E-state index in [1.807, 2.05) is 0 Å². The van der Waals surface area contributed by atoms with Gasteiger partial charge in [-0.3, -0.25) is 4.79 Å². The van der Waals surface area contributed by atoms with Gasteiger partial charge in [0.15, 0.2) is 11.5 Å². The monoisotopic (exact) mass is 313 g/mol. The van der Waals surface area contributed by atoms with Crippen LogP contribution in [0.4, 0.5) is 8.78 Å². The second-order valence-electron chi connectivity index (χ2n) is 5.70. The number of rotatable bonds is 8. The molecule has 0 atom stereocenters. The van der Waals surface area contributed by atoms with Crippen LogP contribution >= 0.6 is 0 Å². The van der Waals surface area contributed by atoms with Crippen LogP contribution in [0.25, 0.3) is 0 Å². The first-order valence-corrected chi connectivity index (χ1v) is 7.36. The van der Waals surface area contributed by atoms with E-state index in [0.29, 0.717) is 31.1 Å². The van der Waals surface area contributed by atoms with Crippen LogP contribution in [0.15, 0.2) is 18.2 Å². The molecular formula is C16H21F2NO3. The van der Waals surface area contributed by atoms with Crippen LogP contribution in [-0.4, -0.2) is 38.1 Å². The van der Waals surface area contributed by atoms with Crippen LogP contribution in [-0.2, 0) is 11.2 Å². The van der Waals surface area contributed by atoms with Crippen LogP contribution in [0.5, 0.6) is 11.5 Å². The molecular weight excluding hydrogens is 292 g/mol. The molecule has 1 aliphatic carbocycles. The van der Waals surface area contributed by atoms with Crippen molar-refractivity contribution in [2.24, 2.45) is 5.92 Å². The van der Waals surface area contributed by atoms with Crippen molar-refractivity contribution in [3.63, 3.8) is 0 Å². The molecule has 1 fully saturated rings. The summed E-state index contributed by atoms with van der Waals surface area (Å²) < 4.78 is 34.9. The highest BCUT2D eigenvalue weighted by Crippen LogP contribution is 2.34. The van der Waals surface area contributed by atoms with Crippen molar-refractivity contribution in [3.8, 4) is 11.5 Å². The van der Waals surface area contributed by atoms with E-state index in [2.05, 4.69) is 4.74 Å². The second kappa shape index (κ2) is 7.42. The first-order valence-electron chi connectivity index (χ1n) is 7.36. The number of aryl methyl sites for hydroxylation is 1. The molecule has 0 N–H and O–H groups in total. The van der Waals surface area contributed by atoms with Gasteiger partial charge in [0.05, 0.1) is 6.61 Å². The summed E-state index contributed by atoms with van der Waals surface area (Å²) in [5, 5.41) is 0. The van der Waals surface area contributed by atoms with Crippen LogP contribution in [0.2, 0.25) is 0 Å². The average Bonchev–Trinajstić information content (AvgIpc) is 3.27. The SMILES string of the molecule is CN(C)C(=O)CCc1ccc(OC(F)F)c(OCC2CC2)c1. The lowest BCUT2D eigenvalue weighted by molar-refractivity contribution is -0.128. The molecule has 1 saturated carbocycles. The van der Waals surface area contributed by atoms with E-state index in [9.17, 15) is 13.6 Å². The molecule has 0 aromatic heterocycles. The van der Waals surface area contributed by atoms with Gasteiger partial charge in [-0.05, 0) is 42.9 Å². The Balaban J connectivity index is 2.03. The molecule has 1 amide bonds. The molecule has 0 heterocycles. The third-order valence-corrected chi connectivity index (χ3v) is 3.52. The molecule has 2 rings (SSSR count). The minimum Gasteiger partial charge on any atom is -0.489 e. The zero-order valence-corrected chi connectivity index (χ0v) is 12.9. The van der Waals surface area contributed by atoms with E-state index in [4.69, 9.17) is 4.74 Å². The van der Waals surface area contributed by atoms with E-state index in [-0.39, 0.29) is 11.7 Å². The fraction of sp³-hybridized carbons (Fsp3) is 0.562. The highest BCUT2D eigenvalue weighted by atomic mass is 19.3. The molecule has 1 aromatic rings. The van der Waals surface area contributed by atoms with Crippen LogP contribution in [0.1, 0.15) is 24.8 Å². The maximum atomic E-state index is 12.4. The number of halogens is 2. The van der Waals surface area contributed by atoms with Crippen molar-refractivity contribution in [1.82, 2.24) is 4.90 Å². The van der Waals surface area contributed by atoms with Gasteiger partial charge in [0, 0.05) is 20.5 Å². The number of amides is 1. The number of hydrogen-bond donors (Lipinski definition) is 0. The average molecular weight is 313 g/mol. The molecule has 122 valence electrons. The van der Waals surface area contributed by atoms with E-state index in [0.717, 1.165) is 18.4 Å². The molecule has 0 aliphatic heterocycles. The van der Waals surface area contributed by atoms with Crippen molar-refractivity contribution < 1.29 is 23.0 Å². The Morgan fingerprint density at radius 3 is 2.64 bits per heavy atom. The topological polar surface area (TPSA) is 38.8 Å². The summed E-state index contributed by atoms with van der Waals surface area (Å²) in [6.07, 6.45) is 3.13. The zero-order valence-electron chi connectivity index (χ0n) is 12.9. The summed E-state index contributed by atoms with van der Waals surface area (Å²) in [4.78, 5) is 13.1. The van der Waals surface area contributed by atoms with Gasteiger partial charge in [-0.25, -0.2) is 0 Å². The van der Waals surface area contributed by atoms with Gasteiger partial charge in [-0.2, -0.15) is 8.78 Å². The first-order chi connectivity index (χ1) is 10.5. The molecule has 0 saturated heterocycles. The van der Waals surface area contributed by atoms with Gasteiger partial charge >= 0.3 is 6.61 Å². The summed E-state index contributed by atoms with van der Waals surface area (Å²) in [6, 6.07) is 4.84. The van der Waals surface area contributed by atoms with Crippen molar-refractivity contribution >= 4 is 5.91 Å². The van der Waals surface area contributed by atoms with E-state index < -0.39 is 6.61 Å². The number of ether oxygens (including phenoxy) is 2. The van der Waals surface area contributed by atoms with Gasteiger partial charge in [-0.1, -0.05) is 6.07 Å². The fourth-order valence-electron chi connectivity index (χ4n) is 1.98. The van der Waals surface area contributed by atoms with E-state index >= 15 is 0 Å². The maximum Gasteiger partial charge on any atom is 0.387 e. The van der Waals surface area contributed by atoms with Crippen molar-refractivity contribution in [2.75, 3.05) is 20.7 Å². The summed E-state index contributed by atoms with van der Waals surface area (Å²) >= 11 is 0. The van der Waals surface area contributed by atoms with Crippen LogP contribution < -0.4 is 9.47 Å². The standard InChI is InChI=1S/C16H21F2NO3/c1-19(2)15(20)8-6-11-5-7-13(22-16(17)18)14(9-11)21-10-12-3-4-12/h5,7,9,12,16H,3-4,6,8,10H2,1-2H3. The molecule has 0 spiro atoms. The minimum atomic E-state index is -2.88. The smallest absolute Gasteiger partial charge is 0.387 e. The third-order valence-electron chi connectivity index (χ3n) is 3.52.